The average Bonchev–Trinajstić information content (AvgIpc) is 2.67. The predicted octanol–water partition coefficient (Wildman–Crippen LogP) is 2.19. The summed E-state index contributed by atoms with van der Waals surface area (Å²) in [6.07, 6.45) is 4.81. The monoisotopic (exact) mass is 142 g/mol. The molecule has 1 nitrogen and oxygen atoms in total. The highest BCUT2D eigenvalue weighted by atomic mass is 16.3. The van der Waals surface area contributed by atoms with Crippen molar-refractivity contribution in [3.8, 4) is 0 Å². The van der Waals surface area contributed by atoms with Gasteiger partial charge < -0.3 is 5.11 Å². The molecule has 0 bridgehead atoms. The molecule has 3 atom stereocenters. The first-order chi connectivity index (χ1) is 4.79. The highest BCUT2D eigenvalue weighted by molar-refractivity contribution is 4.90. The van der Waals surface area contributed by atoms with Gasteiger partial charge in [-0.3, -0.25) is 0 Å². The first-order valence-corrected chi connectivity index (χ1v) is 4.47. The zero-order valence-electron chi connectivity index (χ0n) is 7.01. The van der Waals surface area contributed by atoms with Crippen molar-refractivity contribution < 1.29 is 5.11 Å². The minimum atomic E-state index is -0.00319. The minimum Gasteiger partial charge on any atom is -0.393 e. The first kappa shape index (κ1) is 8.06. The minimum absolute atomic E-state index is 0.00319. The molecule has 0 unspecified atom stereocenters. The van der Waals surface area contributed by atoms with Gasteiger partial charge in [0.15, 0.2) is 0 Å². The fourth-order valence-electron chi connectivity index (χ4n) is 1.75. The molecule has 0 heterocycles. The quantitative estimate of drug-likeness (QED) is 0.638. The lowest BCUT2D eigenvalue weighted by atomic mass is 10.1. The van der Waals surface area contributed by atoms with Crippen molar-refractivity contribution in [2.24, 2.45) is 11.8 Å². The Morgan fingerprint density at radius 2 is 2.20 bits per heavy atom. The topological polar surface area (TPSA) is 20.2 Å². The van der Waals surface area contributed by atoms with Crippen LogP contribution in [0.2, 0.25) is 0 Å². The third kappa shape index (κ3) is 1.72. The molecule has 0 aromatic rings. The second-order valence-corrected chi connectivity index (χ2v) is 3.42. The predicted molar refractivity (Wildman–Crippen MR) is 42.8 cm³/mol. The Labute approximate surface area is 63.4 Å². The third-order valence-electron chi connectivity index (χ3n) is 2.55. The van der Waals surface area contributed by atoms with Crippen molar-refractivity contribution in [3.63, 3.8) is 0 Å². The van der Waals surface area contributed by atoms with E-state index >= 15 is 0 Å². The molecule has 1 saturated carbocycles. The van der Waals surface area contributed by atoms with Gasteiger partial charge in [-0.05, 0) is 24.7 Å². The van der Waals surface area contributed by atoms with Crippen molar-refractivity contribution >= 4 is 0 Å². The fraction of sp³-hybridized carbons (Fsp3) is 1.00. The van der Waals surface area contributed by atoms with E-state index in [1.54, 1.807) is 0 Å². The van der Waals surface area contributed by atoms with Gasteiger partial charge in [-0.25, -0.2) is 0 Å². The number of hydrogen-bond acceptors (Lipinski definition) is 1. The van der Waals surface area contributed by atoms with Gasteiger partial charge in [0.25, 0.3) is 0 Å². The summed E-state index contributed by atoms with van der Waals surface area (Å²) in [6, 6.07) is 0. The van der Waals surface area contributed by atoms with E-state index in [0.29, 0.717) is 5.92 Å². The molecule has 1 rings (SSSR count). The van der Waals surface area contributed by atoms with Crippen LogP contribution in [0.4, 0.5) is 0 Å². The molecular formula is C9H18O. The third-order valence-corrected chi connectivity index (χ3v) is 2.55. The van der Waals surface area contributed by atoms with Gasteiger partial charge >= 0.3 is 0 Å². The zero-order valence-corrected chi connectivity index (χ0v) is 7.01. The number of hydrogen-bond donors (Lipinski definition) is 1. The van der Waals surface area contributed by atoms with Gasteiger partial charge in [0.05, 0.1) is 6.10 Å². The lowest BCUT2D eigenvalue weighted by Crippen LogP contribution is -2.08. The highest BCUT2D eigenvalue weighted by Crippen LogP contribution is 2.45. The average molecular weight is 142 g/mol. The van der Waals surface area contributed by atoms with Crippen LogP contribution < -0.4 is 0 Å². The summed E-state index contributed by atoms with van der Waals surface area (Å²) in [4.78, 5) is 0. The Morgan fingerprint density at radius 3 is 2.70 bits per heavy atom. The van der Waals surface area contributed by atoms with E-state index in [0.717, 1.165) is 12.3 Å². The Hall–Kier alpha value is -0.0400. The molecule has 0 amide bonds. The standard InChI is InChI=1S/C9H18O/c1-3-5-7-6-8(7)9(10)4-2/h7-10H,3-6H2,1-2H3/t7-,8-,9-/m0/s1. The van der Waals surface area contributed by atoms with Crippen molar-refractivity contribution in [2.75, 3.05) is 0 Å². The second kappa shape index (κ2) is 3.38. The van der Waals surface area contributed by atoms with Crippen LogP contribution in [0.1, 0.15) is 39.5 Å². The van der Waals surface area contributed by atoms with Gasteiger partial charge in [0.1, 0.15) is 0 Å². The Kier molecular flexibility index (Phi) is 2.72. The lowest BCUT2D eigenvalue weighted by Gasteiger charge is -2.04. The summed E-state index contributed by atoms with van der Waals surface area (Å²) >= 11 is 0. The van der Waals surface area contributed by atoms with E-state index in [-0.39, 0.29) is 6.10 Å². The van der Waals surface area contributed by atoms with E-state index in [1.807, 2.05) is 0 Å². The Balaban J connectivity index is 2.12. The Bertz CT molecular complexity index is 101. The summed E-state index contributed by atoms with van der Waals surface area (Å²) in [6.45, 7) is 4.28. The van der Waals surface area contributed by atoms with Crippen LogP contribution in [-0.2, 0) is 0 Å². The summed E-state index contributed by atoms with van der Waals surface area (Å²) in [5.41, 5.74) is 0. The van der Waals surface area contributed by atoms with Crippen molar-refractivity contribution in [1.82, 2.24) is 0 Å². The van der Waals surface area contributed by atoms with Crippen LogP contribution in [0.15, 0.2) is 0 Å². The smallest absolute Gasteiger partial charge is 0.0568 e. The molecular weight excluding hydrogens is 124 g/mol. The molecule has 0 radical (unpaired) electrons. The van der Waals surface area contributed by atoms with E-state index in [4.69, 9.17) is 0 Å². The molecule has 1 fully saturated rings. The molecule has 1 N–H and O–H groups in total. The van der Waals surface area contributed by atoms with Crippen molar-refractivity contribution in [1.29, 1.82) is 0 Å². The van der Waals surface area contributed by atoms with Crippen LogP contribution in [0.3, 0.4) is 0 Å². The van der Waals surface area contributed by atoms with Crippen LogP contribution in [0, 0.1) is 11.8 Å². The molecule has 10 heavy (non-hydrogen) atoms. The van der Waals surface area contributed by atoms with Crippen molar-refractivity contribution in [3.05, 3.63) is 0 Å². The van der Waals surface area contributed by atoms with Crippen molar-refractivity contribution in [2.45, 2.75) is 45.6 Å². The van der Waals surface area contributed by atoms with Gasteiger partial charge in [-0.1, -0.05) is 26.7 Å². The fourth-order valence-corrected chi connectivity index (χ4v) is 1.75. The maximum absolute atomic E-state index is 9.39. The first-order valence-electron chi connectivity index (χ1n) is 4.47. The summed E-state index contributed by atoms with van der Waals surface area (Å²) < 4.78 is 0. The van der Waals surface area contributed by atoms with Gasteiger partial charge in [-0.2, -0.15) is 0 Å². The maximum Gasteiger partial charge on any atom is 0.0568 e. The highest BCUT2D eigenvalue weighted by Gasteiger charge is 2.40. The van der Waals surface area contributed by atoms with Gasteiger partial charge in [0.2, 0.25) is 0 Å². The lowest BCUT2D eigenvalue weighted by molar-refractivity contribution is 0.140. The van der Waals surface area contributed by atoms with Gasteiger partial charge in [-0.15, -0.1) is 0 Å². The van der Waals surface area contributed by atoms with Crippen LogP contribution in [0.5, 0.6) is 0 Å². The zero-order chi connectivity index (χ0) is 7.56. The normalized spacial score (nSPS) is 33.9. The summed E-state index contributed by atoms with van der Waals surface area (Å²) in [7, 11) is 0. The van der Waals surface area contributed by atoms with E-state index in [1.165, 1.54) is 19.3 Å². The molecule has 0 aliphatic heterocycles. The number of rotatable bonds is 4. The van der Waals surface area contributed by atoms with Crippen LogP contribution >= 0.6 is 0 Å². The molecule has 0 aromatic heterocycles. The molecule has 0 aromatic carbocycles. The maximum atomic E-state index is 9.39. The molecule has 1 aliphatic rings. The molecule has 0 spiro atoms. The summed E-state index contributed by atoms with van der Waals surface area (Å²) in [5.74, 6) is 1.52. The molecule has 1 heteroatoms. The van der Waals surface area contributed by atoms with E-state index in [9.17, 15) is 5.11 Å². The van der Waals surface area contributed by atoms with E-state index < -0.39 is 0 Å². The molecule has 1 aliphatic carbocycles. The van der Waals surface area contributed by atoms with Gasteiger partial charge in [0, 0.05) is 0 Å². The summed E-state index contributed by atoms with van der Waals surface area (Å²) in [5, 5.41) is 9.39. The second-order valence-electron chi connectivity index (χ2n) is 3.42. The van der Waals surface area contributed by atoms with E-state index in [2.05, 4.69) is 13.8 Å². The SMILES string of the molecule is CCC[C@H]1C[C@@H]1[C@@H](O)CC. The number of aliphatic hydroxyl groups is 1. The largest absolute Gasteiger partial charge is 0.393 e. The van der Waals surface area contributed by atoms with Crippen LogP contribution in [0.25, 0.3) is 0 Å². The Morgan fingerprint density at radius 1 is 1.50 bits per heavy atom. The number of aliphatic hydroxyl groups excluding tert-OH is 1. The molecule has 60 valence electrons. The molecule has 0 saturated heterocycles. The van der Waals surface area contributed by atoms with Crippen LogP contribution in [-0.4, -0.2) is 11.2 Å².